The van der Waals surface area contributed by atoms with Crippen LogP contribution < -0.4 is 0 Å². The van der Waals surface area contributed by atoms with Crippen LogP contribution in [0.1, 0.15) is 71.6 Å². The fraction of sp³-hybridized carbons (Fsp3) is 1.00. The van der Waals surface area contributed by atoms with Gasteiger partial charge in [0.1, 0.15) is 0 Å². The molecule has 0 aromatic rings. The van der Waals surface area contributed by atoms with Crippen molar-refractivity contribution < 1.29 is 14.8 Å². The maximum absolute atomic E-state index is 4.93. The van der Waals surface area contributed by atoms with Gasteiger partial charge in [0.15, 0.2) is 0 Å². The van der Waals surface area contributed by atoms with Gasteiger partial charge in [0.05, 0.1) is 13.2 Å². The minimum Gasteiger partial charge on any atom is -0.210 e. The molecule has 0 aliphatic heterocycles. The van der Waals surface area contributed by atoms with Crippen molar-refractivity contribution in [3.05, 3.63) is 0 Å². The Morgan fingerprint density at radius 3 is 2.00 bits per heavy atom. The average Bonchev–Trinajstić information content (AvgIpc) is 2.30. The van der Waals surface area contributed by atoms with E-state index in [-0.39, 0.29) is 6.10 Å². The Morgan fingerprint density at radius 1 is 0.875 bits per heavy atom. The van der Waals surface area contributed by atoms with Gasteiger partial charge in [0.25, 0.3) is 0 Å². The van der Waals surface area contributed by atoms with Gasteiger partial charge in [0.2, 0.25) is 0 Å². The second-order valence-corrected chi connectivity index (χ2v) is 4.41. The van der Waals surface area contributed by atoms with Crippen molar-refractivity contribution in [3.63, 3.8) is 0 Å². The first kappa shape index (κ1) is 15.9. The molecule has 1 atom stereocenters. The van der Waals surface area contributed by atoms with Crippen molar-refractivity contribution in [2.24, 2.45) is 0 Å². The first-order valence-electron chi connectivity index (χ1n) is 6.67. The van der Waals surface area contributed by atoms with Crippen molar-refractivity contribution >= 4 is 0 Å². The highest BCUT2D eigenvalue weighted by atomic mass is 17.5. The molecule has 0 aliphatic rings. The molecule has 0 bridgehead atoms. The molecule has 0 rings (SSSR count). The lowest BCUT2D eigenvalue weighted by atomic mass is 10.1. The summed E-state index contributed by atoms with van der Waals surface area (Å²) in [4.78, 5) is 9.30. The second kappa shape index (κ2) is 12.9. The summed E-state index contributed by atoms with van der Waals surface area (Å²) in [5.41, 5.74) is 0. The summed E-state index contributed by atoms with van der Waals surface area (Å²) in [7, 11) is 1.45. The van der Waals surface area contributed by atoms with E-state index in [1.807, 2.05) is 6.92 Å². The lowest BCUT2D eigenvalue weighted by Gasteiger charge is -2.09. The van der Waals surface area contributed by atoms with Crippen molar-refractivity contribution in [2.45, 2.75) is 77.7 Å². The Bertz CT molecular complexity index is 128. The zero-order chi connectivity index (χ0) is 12.1. The summed E-state index contributed by atoms with van der Waals surface area (Å²) in [6.07, 6.45) is 11.9. The minimum atomic E-state index is 0.125. The maximum atomic E-state index is 4.93. The first-order chi connectivity index (χ1) is 7.81. The fourth-order valence-corrected chi connectivity index (χ4v) is 1.72. The van der Waals surface area contributed by atoms with E-state index in [9.17, 15) is 0 Å². The second-order valence-electron chi connectivity index (χ2n) is 4.41. The van der Waals surface area contributed by atoms with Gasteiger partial charge < -0.3 is 0 Å². The van der Waals surface area contributed by atoms with E-state index < -0.39 is 0 Å². The Hall–Kier alpha value is -0.120. The summed E-state index contributed by atoms with van der Waals surface area (Å²) >= 11 is 0. The molecule has 0 aliphatic carbocycles. The number of hydrogen-bond acceptors (Lipinski definition) is 3. The summed E-state index contributed by atoms with van der Waals surface area (Å²) < 4.78 is 0. The Kier molecular flexibility index (Phi) is 12.9. The molecular weight excluding hydrogens is 204 g/mol. The highest BCUT2D eigenvalue weighted by molar-refractivity contribution is 4.50. The zero-order valence-electron chi connectivity index (χ0n) is 11.2. The van der Waals surface area contributed by atoms with E-state index in [0.29, 0.717) is 0 Å². The Labute approximate surface area is 100 Å². The van der Waals surface area contributed by atoms with Gasteiger partial charge in [-0.3, -0.25) is 0 Å². The lowest BCUT2D eigenvalue weighted by molar-refractivity contribution is -0.515. The SMILES string of the molecule is CCCCCCCCCCC(C)OOOC. The minimum absolute atomic E-state index is 0.125. The molecule has 0 aromatic heterocycles. The van der Waals surface area contributed by atoms with E-state index in [0.717, 1.165) is 6.42 Å². The van der Waals surface area contributed by atoms with Gasteiger partial charge in [-0.25, -0.2) is 9.78 Å². The summed E-state index contributed by atoms with van der Waals surface area (Å²) in [5.74, 6) is 0. The van der Waals surface area contributed by atoms with Crippen molar-refractivity contribution in [2.75, 3.05) is 7.11 Å². The Balaban J connectivity index is 3.02. The average molecular weight is 232 g/mol. The Morgan fingerprint density at radius 2 is 1.44 bits per heavy atom. The predicted molar refractivity (Wildman–Crippen MR) is 65.9 cm³/mol. The summed E-state index contributed by atoms with van der Waals surface area (Å²) in [6.45, 7) is 4.25. The molecule has 0 saturated carbocycles. The van der Waals surface area contributed by atoms with Gasteiger partial charge in [-0.05, 0) is 13.3 Å². The van der Waals surface area contributed by atoms with Crippen molar-refractivity contribution in [1.82, 2.24) is 0 Å². The van der Waals surface area contributed by atoms with Crippen LogP contribution in [0.3, 0.4) is 0 Å². The molecule has 0 heterocycles. The highest BCUT2D eigenvalue weighted by Gasteiger charge is 2.02. The third-order valence-corrected chi connectivity index (χ3v) is 2.74. The van der Waals surface area contributed by atoms with Crippen LogP contribution >= 0.6 is 0 Å². The van der Waals surface area contributed by atoms with Crippen LogP contribution in [0.4, 0.5) is 0 Å². The lowest BCUT2D eigenvalue weighted by Crippen LogP contribution is -2.08. The standard InChI is InChI=1S/C13H28O3/c1-4-5-6-7-8-9-10-11-12-13(2)15-16-14-3/h13H,4-12H2,1-3H3. The largest absolute Gasteiger partial charge is 0.210 e. The van der Waals surface area contributed by atoms with E-state index in [1.165, 1.54) is 58.5 Å². The van der Waals surface area contributed by atoms with Gasteiger partial charge in [-0.15, -0.1) is 0 Å². The number of unbranched alkanes of at least 4 members (excludes halogenated alkanes) is 7. The molecule has 0 amide bonds. The van der Waals surface area contributed by atoms with Gasteiger partial charge in [-0.2, -0.15) is 0 Å². The normalized spacial score (nSPS) is 12.9. The van der Waals surface area contributed by atoms with E-state index in [2.05, 4.69) is 16.8 Å². The fourth-order valence-electron chi connectivity index (χ4n) is 1.72. The van der Waals surface area contributed by atoms with Crippen LogP contribution in [0.5, 0.6) is 0 Å². The van der Waals surface area contributed by atoms with E-state index >= 15 is 0 Å². The monoisotopic (exact) mass is 232 g/mol. The number of rotatable bonds is 12. The third-order valence-electron chi connectivity index (χ3n) is 2.74. The molecule has 98 valence electrons. The third kappa shape index (κ3) is 12.0. The highest BCUT2D eigenvalue weighted by Crippen LogP contribution is 2.11. The predicted octanol–water partition coefficient (Wildman–Crippen LogP) is 4.42. The van der Waals surface area contributed by atoms with E-state index in [1.54, 1.807) is 0 Å². The zero-order valence-corrected chi connectivity index (χ0v) is 11.2. The van der Waals surface area contributed by atoms with E-state index in [4.69, 9.17) is 4.89 Å². The quantitative estimate of drug-likeness (QED) is 0.283. The molecule has 0 N–H and O–H groups in total. The van der Waals surface area contributed by atoms with Crippen LogP contribution in [0.15, 0.2) is 0 Å². The topological polar surface area (TPSA) is 27.7 Å². The van der Waals surface area contributed by atoms with Gasteiger partial charge in [0, 0.05) is 0 Å². The van der Waals surface area contributed by atoms with Crippen molar-refractivity contribution in [3.8, 4) is 0 Å². The van der Waals surface area contributed by atoms with Crippen LogP contribution in [0.25, 0.3) is 0 Å². The van der Waals surface area contributed by atoms with Gasteiger partial charge in [-0.1, -0.05) is 63.3 Å². The van der Waals surface area contributed by atoms with Crippen LogP contribution in [-0.4, -0.2) is 13.2 Å². The molecule has 3 nitrogen and oxygen atoms in total. The molecule has 0 spiro atoms. The van der Waals surface area contributed by atoms with Gasteiger partial charge >= 0.3 is 0 Å². The summed E-state index contributed by atoms with van der Waals surface area (Å²) in [6, 6.07) is 0. The molecule has 0 aromatic carbocycles. The molecule has 0 radical (unpaired) electrons. The molecular formula is C13H28O3. The number of hydrogen-bond donors (Lipinski definition) is 0. The smallest absolute Gasteiger partial charge is 0.0933 e. The van der Waals surface area contributed by atoms with Crippen LogP contribution in [0, 0.1) is 0 Å². The molecule has 0 fully saturated rings. The molecule has 3 heteroatoms. The first-order valence-corrected chi connectivity index (χ1v) is 6.67. The van der Waals surface area contributed by atoms with Crippen LogP contribution in [-0.2, 0) is 14.8 Å². The van der Waals surface area contributed by atoms with Crippen LogP contribution in [0.2, 0.25) is 0 Å². The summed E-state index contributed by atoms with van der Waals surface area (Å²) in [5, 5.41) is 4.42. The van der Waals surface area contributed by atoms with Crippen molar-refractivity contribution in [1.29, 1.82) is 0 Å². The molecule has 1 unspecified atom stereocenters. The molecule has 16 heavy (non-hydrogen) atoms. The maximum Gasteiger partial charge on any atom is 0.0933 e. The molecule has 0 saturated heterocycles.